The Morgan fingerprint density at radius 1 is 0.523 bits per heavy atom. The maximum absolute atomic E-state index is 13.2. The number of ether oxygens (including phenoxy) is 7. The molecule has 5 aromatic carbocycles. The molecule has 18 nitrogen and oxygen atoms in total. The van der Waals surface area contributed by atoms with E-state index in [1.54, 1.807) is 72.1 Å². The fourth-order valence-electron chi connectivity index (χ4n) is 8.22. The van der Waals surface area contributed by atoms with Gasteiger partial charge in [-0.1, -0.05) is 97.1 Å². The Labute approximate surface area is 502 Å². The van der Waals surface area contributed by atoms with Crippen molar-refractivity contribution in [2.24, 2.45) is 0 Å². The van der Waals surface area contributed by atoms with Crippen molar-refractivity contribution in [1.29, 1.82) is 0 Å². The molecule has 23 heteroatoms. The number of pyridine rings is 3. The van der Waals surface area contributed by atoms with Gasteiger partial charge in [-0.05, 0) is 64.2 Å². The lowest BCUT2D eigenvalue weighted by molar-refractivity contribution is 0.0930. The lowest BCUT2D eigenvalue weighted by Crippen LogP contribution is -2.25. The first kappa shape index (κ1) is 62.9. The molecule has 2 atom stereocenters. The summed E-state index contributed by atoms with van der Waals surface area (Å²) in [5.74, 6) is 0.0164. The summed E-state index contributed by atoms with van der Waals surface area (Å²) in [5.41, 5.74) is 4.58. The van der Waals surface area contributed by atoms with Gasteiger partial charge in [0, 0.05) is 49.3 Å². The second-order valence-corrected chi connectivity index (χ2v) is 20.9. The van der Waals surface area contributed by atoms with Gasteiger partial charge in [0.15, 0.2) is 57.9 Å². The highest BCUT2D eigenvalue weighted by Gasteiger charge is 2.29. The SMILES string of the molecule is COc1cc(C2OCCS2)nc(C(=O)NCc2ccc(F)cc2)c1O.COc1cc(C2OCCS2)nc(C(=O)NCc2ccc(F)cc2)c1OCc1ccccc1.COc1cc(C=O)nc(C(=O)NCc2ccc(F)cc2)c1OCc1ccccc1. The van der Waals surface area contributed by atoms with Crippen LogP contribution in [0.25, 0.3) is 0 Å². The van der Waals surface area contributed by atoms with Crippen LogP contribution in [-0.4, -0.2) is 90.1 Å². The van der Waals surface area contributed by atoms with Crippen LogP contribution in [-0.2, 0) is 42.3 Å². The number of halogens is 3. The molecule has 446 valence electrons. The number of aldehydes is 1. The van der Waals surface area contributed by atoms with Crippen molar-refractivity contribution < 1.29 is 70.6 Å². The zero-order valence-corrected chi connectivity index (χ0v) is 48.4. The number of thioether (sulfide) groups is 2. The molecular weight excluding hydrogens is 1150 g/mol. The third-order valence-electron chi connectivity index (χ3n) is 12.6. The van der Waals surface area contributed by atoms with Gasteiger partial charge in [0.25, 0.3) is 17.7 Å². The highest BCUT2D eigenvalue weighted by atomic mass is 32.2. The first-order chi connectivity index (χ1) is 41.8. The van der Waals surface area contributed by atoms with Gasteiger partial charge in [-0.15, -0.1) is 23.5 Å². The zero-order valence-electron chi connectivity index (χ0n) is 46.8. The van der Waals surface area contributed by atoms with Crippen molar-refractivity contribution in [3.05, 3.63) is 231 Å². The highest BCUT2D eigenvalue weighted by molar-refractivity contribution is 7.99. The Morgan fingerprint density at radius 2 is 0.895 bits per heavy atom. The maximum Gasteiger partial charge on any atom is 0.274 e. The predicted octanol–water partition coefficient (Wildman–Crippen LogP) is 10.7. The van der Waals surface area contributed by atoms with Crippen LogP contribution < -0.4 is 39.6 Å². The van der Waals surface area contributed by atoms with E-state index in [0.29, 0.717) is 42.2 Å². The van der Waals surface area contributed by atoms with Gasteiger partial charge >= 0.3 is 0 Å². The lowest BCUT2D eigenvalue weighted by Gasteiger charge is -2.18. The number of nitrogens with zero attached hydrogens (tertiary/aromatic N) is 3. The first-order valence-corrected chi connectivity index (χ1v) is 28.7. The number of nitrogens with one attached hydrogen (secondary N) is 3. The van der Waals surface area contributed by atoms with Crippen LogP contribution in [0.15, 0.2) is 152 Å². The van der Waals surface area contributed by atoms with E-state index < -0.39 is 17.7 Å². The normalized spacial score (nSPS) is 14.0. The van der Waals surface area contributed by atoms with E-state index in [1.165, 1.54) is 63.8 Å². The van der Waals surface area contributed by atoms with Gasteiger partial charge < -0.3 is 54.2 Å². The summed E-state index contributed by atoms with van der Waals surface area (Å²) in [6, 6.07) is 41.2. The molecule has 0 aliphatic carbocycles. The molecule has 0 bridgehead atoms. The summed E-state index contributed by atoms with van der Waals surface area (Å²) >= 11 is 3.18. The van der Waals surface area contributed by atoms with E-state index in [9.17, 15) is 37.5 Å². The van der Waals surface area contributed by atoms with Gasteiger partial charge in [0.1, 0.15) is 47.2 Å². The summed E-state index contributed by atoms with van der Waals surface area (Å²) in [6.45, 7) is 2.24. The van der Waals surface area contributed by atoms with Gasteiger partial charge in [0.2, 0.25) is 0 Å². The van der Waals surface area contributed by atoms with Crippen LogP contribution in [0.2, 0.25) is 0 Å². The number of amides is 3. The molecule has 3 aromatic heterocycles. The molecule has 2 aliphatic heterocycles. The van der Waals surface area contributed by atoms with Crippen LogP contribution in [0.4, 0.5) is 13.2 Å². The first-order valence-electron chi connectivity index (χ1n) is 26.6. The zero-order chi connectivity index (χ0) is 60.8. The monoisotopic (exact) mass is 1210 g/mol. The Hall–Kier alpha value is -9.16. The number of carbonyl (C=O) groups is 4. The molecule has 3 amide bonds. The minimum absolute atomic E-state index is 0.0424. The van der Waals surface area contributed by atoms with Gasteiger partial charge in [0.05, 0.1) is 45.9 Å². The molecule has 10 rings (SSSR count). The van der Waals surface area contributed by atoms with E-state index >= 15 is 0 Å². The summed E-state index contributed by atoms with van der Waals surface area (Å²) in [4.78, 5) is 62.4. The average Bonchev–Trinajstić information content (AvgIpc) is 3.29. The molecule has 2 fully saturated rings. The van der Waals surface area contributed by atoms with Crippen molar-refractivity contribution in [2.75, 3.05) is 46.0 Å². The van der Waals surface area contributed by atoms with E-state index in [0.717, 1.165) is 33.8 Å². The van der Waals surface area contributed by atoms with E-state index in [2.05, 4.69) is 30.9 Å². The topological polar surface area (TPSA) is 228 Å². The number of hydrogen-bond acceptors (Lipinski definition) is 17. The fourth-order valence-corrected chi connectivity index (χ4v) is 10.0. The van der Waals surface area contributed by atoms with Crippen molar-refractivity contribution in [1.82, 2.24) is 30.9 Å². The Morgan fingerprint density at radius 3 is 1.28 bits per heavy atom. The Bertz CT molecular complexity index is 3550. The molecular formula is C63H59F3N6O12S2. The smallest absolute Gasteiger partial charge is 0.274 e. The van der Waals surface area contributed by atoms with Crippen LogP contribution in [0.1, 0.15) is 92.0 Å². The molecule has 2 saturated heterocycles. The van der Waals surface area contributed by atoms with E-state index in [1.807, 2.05) is 60.7 Å². The van der Waals surface area contributed by atoms with Crippen LogP contribution in [0.3, 0.4) is 0 Å². The minimum atomic E-state index is -0.551. The number of aromatic nitrogens is 3. The third kappa shape index (κ3) is 17.7. The second kappa shape index (κ2) is 31.7. The molecule has 0 saturated carbocycles. The number of aromatic hydroxyl groups is 1. The molecule has 5 heterocycles. The van der Waals surface area contributed by atoms with E-state index in [-0.39, 0.29) is 113 Å². The largest absolute Gasteiger partial charge is 0.503 e. The summed E-state index contributed by atoms with van der Waals surface area (Å²) in [7, 11) is 4.35. The molecule has 2 aliphatic rings. The molecule has 8 aromatic rings. The molecule has 86 heavy (non-hydrogen) atoms. The Balaban J connectivity index is 0.000000169. The van der Waals surface area contributed by atoms with Gasteiger partial charge in [-0.2, -0.15) is 0 Å². The van der Waals surface area contributed by atoms with Crippen molar-refractivity contribution >= 4 is 47.5 Å². The van der Waals surface area contributed by atoms with E-state index in [4.69, 9.17) is 33.2 Å². The summed E-state index contributed by atoms with van der Waals surface area (Å²) < 4.78 is 78.2. The quantitative estimate of drug-likeness (QED) is 0.0490. The minimum Gasteiger partial charge on any atom is -0.503 e. The predicted molar refractivity (Wildman–Crippen MR) is 316 cm³/mol. The molecule has 0 spiro atoms. The lowest BCUT2D eigenvalue weighted by atomic mass is 10.2. The highest BCUT2D eigenvalue weighted by Crippen LogP contribution is 2.41. The van der Waals surface area contributed by atoms with Crippen LogP contribution in [0, 0.1) is 17.5 Å². The van der Waals surface area contributed by atoms with Crippen LogP contribution in [0.5, 0.6) is 34.5 Å². The number of benzene rings is 5. The number of carbonyl (C=O) groups excluding carboxylic acids is 4. The van der Waals surface area contributed by atoms with Gasteiger partial charge in [-0.3, -0.25) is 19.2 Å². The van der Waals surface area contributed by atoms with Crippen LogP contribution >= 0.6 is 23.5 Å². The number of rotatable bonds is 21. The average molecular weight is 1210 g/mol. The third-order valence-corrected chi connectivity index (χ3v) is 14.8. The van der Waals surface area contributed by atoms with Crippen molar-refractivity contribution in [3.8, 4) is 34.5 Å². The molecule has 0 radical (unpaired) electrons. The second-order valence-electron chi connectivity index (χ2n) is 18.5. The van der Waals surface area contributed by atoms with Crippen molar-refractivity contribution in [2.45, 2.75) is 43.7 Å². The van der Waals surface area contributed by atoms with Gasteiger partial charge in [-0.25, -0.2) is 28.1 Å². The van der Waals surface area contributed by atoms with Crippen molar-refractivity contribution in [3.63, 3.8) is 0 Å². The number of methoxy groups -OCH3 is 3. The summed E-state index contributed by atoms with van der Waals surface area (Å²) in [5, 5.41) is 18.4. The number of hydrogen-bond donors (Lipinski definition) is 4. The maximum atomic E-state index is 13.2. The molecule has 2 unspecified atom stereocenters. The fraction of sp³-hybridized carbons (Fsp3) is 0.222. The summed E-state index contributed by atoms with van der Waals surface area (Å²) in [6.07, 6.45) is 0.528. The Kier molecular flexibility index (Phi) is 23.1. The molecule has 4 N–H and O–H groups in total. The standard InChI is InChI=1S/C24H23FN2O4S.C22H19FN2O4.C17H17FN2O4S/c1-29-20-13-19(24-30-11-12-32-24)27-21(22(20)31-15-17-5-3-2-4-6-17)23(28)26-14-16-7-9-18(25)10-8-16;1-28-19-11-18(13-26)25-20(21(19)29-14-16-5-3-2-4-6-16)22(27)24-12-15-7-9-17(23)10-8-15;1-23-13-8-12(17-24-6-7-25-17)20-14(15(13)21)16(22)19-9-10-2-4-11(18)5-3-10/h2-10,13,24H,11-12,14-15H2,1H3,(H,26,28);2-11,13H,12,14H2,1H3,(H,24,27);2-5,8,17,21H,6-7,9H2,1H3,(H,19,22).